The maximum absolute atomic E-state index is 13.7. The number of sulfonamides is 1. The first-order valence-electron chi connectivity index (χ1n) is 13.2. The van der Waals surface area contributed by atoms with E-state index in [1.807, 2.05) is 52.1 Å². The van der Waals surface area contributed by atoms with Gasteiger partial charge >= 0.3 is 0 Å². The van der Waals surface area contributed by atoms with E-state index in [0.29, 0.717) is 18.6 Å². The van der Waals surface area contributed by atoms with E-state index in [0.717, 1.165) is 38.9 Å². The quantitative estimate of drug-likeness (QED) is 0.322. The zero-order chi connectivity index (χ0) is 27.9. The third-order valence-corrected chi connectivity index (χ3v) is 9.54. The minimum absolute atomic E-state index is 0.0791. The Bertz CT molecular complexity index is 1660. The first-order valence-corrected chi connectivity index (χ1v) is 14.7. The van der Waals surface area contributed by atoms with Crippen LogP contribution >= 0.6 is 0 Å². The van der Waals surface area contributed by atoms with Crippen LogP contribution in [0.1, 0.15) is 60.4 Å². The van der Waals surface area contributed by atoms with Crippen molar-refractivity contribution < 1.29 is 17.9 Å². The molecule has 0 N–H and O–H groups in total. The third-order valence-electron chi connectivity index (χ3n) is 7.69. The van der Waals surface area contributed by atoms with Crippen molar-refractivity contribution in [1.29, 1.82) is 0 Å². The molecule has 2 heterocycles. The smallest absolute Gasteiger partial charge is 0.247 e. The van der Waals surface area contributed by atoms with Gasteiger partial charge in [-0.25, -0.2) is 13.1 Å². The van der Waals surface area contributed by atoms with Gasteiger partial charge in [-0.1, -0.05) is 48.5 Å². The normalized spacial score (nSPS) is 17.8. The van der Waals surface area contributed by atoms with Crippen molar-refractivity contribution in [3.63, 3.8) is 0 Å². The number of para-hydroxylation sites is 1. The highest BCUT2D eigenvalue weighted by Gasteiger charge is 2.34. The summed E-state index contributed by atoms with van der Waals surface area (Å²) in [4.78, 5) is 12.6. The number of ketones is 1. The molecule has 4 aromatic rings. The number of nitrogens with zero attached hydrogens (tertiary/aromatic N) is 4. The molecule has 1 unspecified atom stereocenters. The lowest BCUT2D eigenvalue weighted by atomic mass is 9.83. The fourth-order valence-corrected chi connectivity index (χ4v) is 6.96. The van der Waals surface area contributed by atoms with Gasteiger partial charge in [0.05, 0.1) is 12.1 Å². The average molecular weight is 547 g/mol. The number of carbonyl (C=O) groups excluding carboxylic acids is 1. The Kier molecular flexibility index (Phi) is 7.31. The van der Waals surface area contributed by atoms with Crippen LogP contribution in [0.15, 0.2) is 59.5 Å². The molecule has 0 fully saturated rings. The van der Waals surface area contributed by atoms with Gasteiger partial charge in [0.25, 0.3) is 0 Å². The second kappa shape index (κ2) is 10.5. The van der Waals surface area contributed by atoms with Crippen molar-refractivity contribution in [2.45, 2.75) is 64.0 Å². The van der Waals surface area contributed by atoms with Crippen LogP contribution in [0.4, 0.5) is 0 Å². The number of hydrogen-bond donors (Lipinski definition) is 0. The Morgan fingerprint density at radius 3 is 2.64 bits per heavy atom. The summed E-state index contributed by atoms with van der Waals surface area (Å²) in [5.41, 5.74) is 6.61. The molecule has 5 rings (SSSR count). The highest BCUT2D eigenvalue weighted by Crippen LogP contribution is 2.36. The van der Waals surface area contributed by atoms with Crippen molar-refractivity contribution >= 4 is 26.8 Å². The van der Waals surface area contributed by atoms with E-state index in [1.165, 1.54) is 4.31 Å². The van der Waals surface area contributed by atoms with E-state index in [4.69, 9.17) is 4.74 Å². The number of fused-ring (bicyclic) bond motifs is 2. The summed E-state index contributed by atoms with van der Waals surface area (Å²) in [6.45, 7) is 8.08. The van der Waals surface area contributed by atoms with Crippen LogP contribution in [0.3, 0.4) is 0 Å². The Morgan fingerprint density at radius 1 is 1.13 bits per heavy atom. The largest absolute Gasteiger partial charge is 0.488 e. The fourth-order valence-electron chi connectivity index (χ4n) is 5.39. The second-order valence-corrected chi connectivity index (χ2v) is 12.3. The number of carbonyl (C=O) groups is 1. The average Bonchev–Trinajstić information content (AvgIpc) is 3.24. The first kappa shape index (κ1) is 27.0. The molecule has 0 saturated heterocycles. The molecular formula is C30H34N4O4S. The summed E-state index contributed by atoms with van der Waals surface area (Å²) in [5, 5.41) is 8.50. The number of aromatic nitrogens is 3. The van der Waals surface area contributed by atoms with Crippen molar-refractivity contribution in [3.05, 3.63) is 82.4 Å². The minimum atomic E-state index is -3.77. The van der Waals surface area contributed by atoms with E-state index in [2.05, 4.69) is 16.4 Å². The summed E-state index contributed by atoms with van der Waals surface area (Å²) >= 11 is 0. The molecule has 0 aliphatic carbocycles. The summed E-state index contributed by atoms with van der Waals surface area (Å²) in [7, 11) is -1.92. The Hall–Kier alpha value is -3.56. The van der Waals surface area contributed by atoms with Gasteiger partial charge in [0.1, 0.15) is 28.0 Å². The molecule has 0 spiro atoms. The Labute approximate surface area is 229 Å². The highest BCUT2D eigenvalue weighted by atomic mass is 32.2. The molecule has 9 heteroatoms. The molecule has 1 aliphatic rings. The molecule has 0 amide bonds. The molecule has 2 atom stereocenters. The SMILES string of the molecule is CC[C@@H]1CN(Cc2cc(C(CC(C)=O)c3ccc4c(nnn4C)c3C)ccc2C)S(=O)(=O)c2ccccc2O1. The number of Topliss-reactive ketones (excluding diaryl/α,β-unsaturated/α-hetero) is 1. The second-order valence-electron chi connectivity index (χ2n) is 10.4. The van der Waals surface area contributed by atoms with Gasteiger partial charge in [0.2, 0.25) is 10.0 Å². The summed E-state index contributed by atoms with van der Waals surface area (Å²) in [6, 6.07) is 17.0. The lowest BCUT2D eigenvalue weighted by Gasteiger charge is -2.25. The van der Waals surface area contributed by atoms with E-state index >= 15 is 0 Å². The predicted molar refractivity (Wildman–Crippen MR) is 150 cm³/mol. The predicted octanol–water partition coefficient (Wildman–Crippen LogP) is 5.06. The standard InChI is InChI=1S/C30H34N4O4S/c1-6-24-18-34(39(36,37)29-10-8-7-9-28(29)38-24)17-23-16-22(12-11-19(23)2)26(15-20(3)35)25-13-14-27-30(21(25)4)31-32-33(27)5/h7-14,16,24,26H,6,15,17-18H2,1-5H3/t24-,26?/m1/s1. The molecule has 0 radical (unpaired) electrons. The molecule has 0 bridgehead atoms. The monoisotopic (exact) mass is 546 g/mol. The Morgan fingerprint density at radius 2 is 1.90 bits per heavy atom. The first-order chi connectivity index (χ1) is 18.6. The van der Waals surface area contributed by atoms with Crippen LogP contribution < -0.4 is 4.74 Å². The van der Waals surface area contributed by atoms with Crippen LogP contribution in [-0.4, -0.2) is 46.1 Å². The van der Waals surface area contributed by atoms with Gasteiger partial charge in [0.15, 0.2) is 0 Å². The molecule has 39 heavy (non-hydrogen) atoms. The number of ether oxygens (including phenoxy) is 1. The molecule has 1 aliphatic heterocycles. The van der Waals surface area contributed by atoms with E-state index in [9.17, 15) is 13.2 Å². The molecule has 1 aromatic heterocycles. The van der Waals surface area contributed by atoms with Gasteiger partial charge in [-0.05, 0) is 73.2 Å². The molecular weight excluding hydrogens is 512 g/mol. The van der Waals surface area contributed by atoms with Crippen LogP contribution in [0, 0.1) is 13.8 Å². The van der Waals surface area contributed by atoms with Gasteiger partial charge in [-0.15, -0.1) is 5.10 Å². The summed E-state index contributed by atoms with van der Waals surface area (Å²) in [6.07, 6.45) is 0.763. The van der Waals surface area contributed by atoms with Crippen LogP contribution in [0.2, 0.25) is 0 Å². The number of benzene rings is 3. The maximum atomic E-state index is 13.7. The lowest BCUT2D eigenvalue weighted by molar-refractivity contribution is -0.117. The number of rotatable bonds is 7. The highest BCUT2D eigenvalue weighted by molar-refractivity contribution is 7.89. The van der Waals surface area contributed by atoms with E-state index < -0.39 is 10.0 Å². The van der Waals surface area contributed by atoms with E-state index in [1.54, 1.807) is 35.9 Å². The Balaban J connectivity index is 1.56. The van der Waals surface area contributed by atoms with Crippen molar-refractivity contribution in [2.75, 3.05) is 6.54 Å². The molecule has 0 saturated carbocycles. The molecule has 204 valence electrons. The van der Waals surface area contributed by atoms with Gasteiger partial charge in [-0.3, -0.25) is 4.79 Å². The summed E-state index contributed by atoms with van der Waals surface area (Å²) < 4.78 is 36.8. The zero-order valence-electron chi connectivity index (χ0n) is 23.0. The molecule has 3 aromatic carbocycles. The summed E-state index contributed by atoms with van der Waals surface area (Å²) in [5.74, 6) is 0.283. The topological polar surface area (TPSA) is 94.4 Å². The number of aryl methyl sites for hydroxylation is 3. The van der Waals surface area contributed by atoms with Crippen molar-refractivity contribution in [2.24, 2.45) is 7.05 Å². The van der Waals surface area contributed by atoms with E-state index in [-0.39, 0.29) is 35.8 Å². The van der Waals surface area contributed by atoms with Gasteiger partial charge in [-0.2, -0.15) is 4.31 Å². The van der Waals surface area contributed by atoms with Crippen LogP contribution in [0.5, 0.6) is 5.75 Å². The fraction of sp³-hybridized carbons (Fsp3) is 0.367. The molecule has 8 nitrogen and oxygen atoms in total. The van der Waals surface area contributed by atoms with Crippen LogP contribution in [0.25, 0.3) is 11.0 Å². The van der Waals surface area contributed by atoms with Crippen molar-refractivity contribution in [3.8, 4) is 5.75 Å². The third kappa shape index (κ3) is 5.08. The zero-order valence-corrected chi connectivity index (χ0v) is 23.8. The minimum Gasteiger partial charge on any atom is -0.488 e. The van der Waals surface area contributed by atoms with Crippen LogP contribution in [-0.2, 0) is 28.4 Å². The van der Waals surface area contributed by atoms with Gasteiger partial charge < -0.3 is 4.74 Å². The maximum Gasteiger partial charge on any atom is 0.247 e. The van der Waals surface area contributed by atoms with Gasteiger partial charge in [0, 0.05) is 25.9 Å². The van der Waals surface area contributed by atoms with Crippen molar-refractivity contribution in [1.82, 2.24) is 19.3 Å². The number of hydrogen-bond acceptors (Lipinski definition) is 6. The lowest BCUT2D eigenvalue weighted by Crippen LogP contribution is -2.36.